The summed E-state index contributed by atoms with van der Waals surface area (Å²) in [5, 5.41) is 2.61. The van der Waals surface area contributed by atoms with E-state index in [1.807, 2.05) is 19.9 Å². The van der Waals surface area contributed by atoms with E-state index in [0.717, 1.165) is 21.7 Å². The number of rotatable bonds is 5. The summed E-state index contributed by atoms with van der Waals surface area (Å²) in [6.45, 7) is 5.83. The molecular formula is C13H20N2O3S. The molecule has 5 nitrogen and oxygen atoms in total. The predicted octanol–water partition coefficient (Wildman–Crippen LogP) is 1.21. The van der Waals surface area contributed by atoms with E-state index >= 15 is 0 Å². The highest BCUT2D eigenvalue weighted by molar-refractivity contribution is 7.92. The number of sulfonamides is 1. The summed E-state index contributed by atoms with van der Waals surface area (Å²) in [5.74, 6) is -0.311. The minimum Gasteiger partial charge on any atom is -0.355 e. The van der Waals surface area contributed by atoms with Crippen LogP contribution in [0.4, 0.5) is 5.69 Å². The normalized spacial score (nSPS) is 11.2. The molecule has 1 rings (SSSR count). The lowest BCUT2D eigenvalue weighted by Crippen LogP contribution is -2.40. The third-order valence-electron chi connectivity index (χ3n) is 2.91. The number of anilines is 1. The summed E-state index contributed by atoms with van der Waals surface area (Å²) < 4.78 is 24.9. The molecule has 106 valence electrons. The molecule has 0 saturated carbocycles. The highest BCUT2D eigenvalue weighted by Gasteiger charge is 2.22. The topological polar surface area (TPSA) is 66.5 Å². The first-order valence-corrected chi connectivity index (χ1v) is 7.92. The number of benzene rings is 1. The molecule has 1 amide bonds. The van der Waals surface area contributed by atoms with Crippen LogP contribution in [0.25, 0.3) is 0 Å². The van der Waals surface area contributed by atoms with Gasteiger partial charge in [0, 0.05) is 6.54 Å². The lowest BCUT2D eigenvalue weighted by atomic mass is 10.1. The largest absolute Gasteiger partial charge is 0.355 e. The number of likely N-dealkylation sites (N-methyl/N-ethyl adjacent to an activating group) is 1. The number of carbonyl (C=O) groups is 1. The second-order valence-corrected chi connectivity index (χ2v) is 6.35. The molecule has 0 atom stereocenters. The number of nitrogens with zero attached hydrogens (tertiary/aromatic N) is 1. The van der Waals surface area contributed by atoms with E-state index in [0.29, 0.717) is 12.2 Å². The Balaban J connectivity index is 3.19. The standard InChI is InChI=1S/C13H20N2O3S/c1-5-14-13(16)9-15(19(4,17)18)12-8-6-7-10(2)11(12)3/h6-8H,5,9H2,1-4H3,(H,14,16). The van der Waals surface area contributed by atoms with Crippen molar-refractivity contribution in [3.8, 4) is 0 Å². The Morgan fingerprint density at radius 1 is 1.32 bits per heavy atom. The molecule has 0 aliphatic heterocycles. The van der Waals surface area contributed by atoms with Crippen LogP contribution in [0, 0.1) is 13.8 Å². The monoisotopic (exact) mass is 284 g/mol. The van der Waals surface area contributed by atoms with Crippen LogP contribution in [0.15, 0.2) is 18.2 Å². The molecule has 0 fully saturated rings. The number of amides is 1. The van der Waals surface area contributed by atoms with Gasteiger partial charge >= 0.3 is 0 Å². The van der Waals surface area contributed by atoms with Crippen LogP contribution < -0.4 is 9.62 Å². The first-order chi connectivity index (χ1) is 8.77. The number of hydrogen-bond donors (Lipinski definition) is 1. The number of hydrogen-bond acceptors (Lipinski definition) is 3. The van der Waals surface area contributed by atoms with Crippen molar-refractivity contribution in [3.05, 3.63) is 29.3 Å². The maximum absolute atomic E-state index is 11.9. The van der Waals surface area contributed by atoms with Gasteiger partial charge in [0.15, 0.2) is 0 Å². The molecule has 19 heavy (non-hydrogen) atoms. The summed E-state index contributed by atoms with van der Waals surface area (Å²) in [6.07, 6.45) is 1.11. The van der Waals surface area contributed by atoms with Crippen molar-refractivity contribution >= 4 is 21.6 Å². The van der Waals surface area contributed by atoms with Gasteiger partial charge in [0.2, 0.25) is 15.9 Å². The molecule has 1 N–H and O–H groups in total. The van der Waals surface area contributed by atoms with Crippen molar-refractivity contribution < 1.29 is 13.2 Å². The molecule has 0 spiro atoms. The van der Waals surface area contributed by atoms with Gasteiger partial charge in [0.1, 0.15) is 6.54 Å². The van der Waals surface area contributed by atoms with E-state index in [1.54, 1.807) is 19.1 Å². The molecule has 0 aliphatic rings. The Kier molecular flexibility index (Phi) is 4.94. The molecule has 0 aliphatic carbocycles. The SMILES string of the molecule is CCNC(=O)CN(c1cccc(C)c1C)S(C)(=O)=O. The lowest BCUT2D eigenvalue weighted by molar-refractivity contribution is -0.119. The Morgan fingerprint density at radius 3 is 2.47 bits per heavy atom. The fourth-order valence-electron chi connectivity index (χ4n) is 1.77. The molecule has 6 heteroatoms. The van der Waals surface area contributed by atoms with E-state index in [9.17, 15) is 13.2 Å². The van der Waals surface area contributed by atoms with Crippen LogP contribution in [0.5, 0.6) is 0 Å². The van der Waals surface area contributed by atoms with E-state index in [4.69, 9.17) is 0 Å². The average Bonchev–Trinajstić information content (AvgIpc) is 2.29. The van der Waals surface area contributed by atoms with Crippen LogP contribution in [0.2, 0.25) is 0 Å². The minimum atomic E-state index is -3.50. The fourth-order valence-corrected chi connectivity index (χ4v) is 2.68. The van der Waals surface area contributed by atoms with Gasteiger partial charge in [-0.1, -0.05) is 12.1 Å². The van der Waals surface area contributed by atoms with E-state index in [1.165, 1.54) is 0 Å². The maximum atomic E-state index is 11.9. The molecule has 0 aromatic heterocycles. The zero-order valence-corrected chi connectivity index (χ0v) is 12.5. The fraction of sp³-hybridized carbons (Fsp3) is 0.462. The summed E-state index contributed by atoms with van der Waals surface area (Å²) in [7, 11) is -3.50. The maximum Gasteiger partial charge on any atom is 0.240 e. The van der Waals surface area contributed by atoms with Gasteiger partial charge in [-0.25, -0.2) is 8.42 Å². The van der Waals surface area contributed by atoms with Crippen molar-refractivity contribution in [2.24, 2.45) is 0 Å². The molecule has 1 aromatic rings. The molecule has 1 aromatic carbocycles. The van der Waals surface area contributed by atoms with Gasteiger partial charge in [-0.3, -0.25) is 9.10 Å². The highest BCUT2D eigenvalue weighted by Crippen LogP contribution is 2.24. The molecule has 0 radical (unpaired) electrons. The van der Waals surface area contributed by atoms with Crippen LogP contribution in [0.3, 0.4) is 0 Å². The molecule has 0 unspecified atom stereocenters. The van der Waals surface area contributed by atoms with Gasteiger partial charge in [-0.05, 0) is 38.0 Å². The van der Waals surface area contributed by atoms with Gasteiger partial charge in [-0.2, -0.15) is 0 Å². The van der Waals surface area contributed by atoms with Crippen LogP contribution in [0.1, 0.15) is 18.1 Å². The second kappa shape index (κ2) is 6.06. The minimum absolute atomic E-state index is 0.197. The molecular weight excluding hydrogens is 264 g/mol. The summed E-state index contributed by atoms with van der Waals surface area (Å²) in [5.41, 5.74) is 2.40. The second-order valence-electron chi connectivity index (χ2n) is 4.44. The number of nitrogens with one attached hydrogen (secondary N) is 1. The Morgan fingerprint density at radius 2 is 1.95 bits per heavy atom. The van der Waals surface area contributed by atoms with Crippen molar-refractivity contribution in [1.29, 1.82) is 0 Å². The van der Waals surface area contributed by atoms with Crippen molar-refractivity contribution in [2.75, 3.05) is 23.7 Å². The third kappa shape index (κ3) is 3.96. The molecule has 0 heterocycles. The number of carbonyl (C=O) groups excluding carboxylic acids is 1. The molecule has 0 bridgehead atoms. The van der Waals surface area contributed by atoms with E-state index in [2.05, 4.69) is 5.32 Å². The van der Waals surface area contributed by atoms with Gasteiger partial charge < -0.3 is 5.32 Å². The van der Waals surface area contributed by atoms with Gasteiger partial charge in [0.05, 0.1) is 11.9 Å². The number of aryl methyl sites for hydroxylation is 1. The predicted molar refractivity (Wildman–Crippen MR) is 76.8 cm³/mol. The first-order valence-electron chi connectivity index (χ1n) is 6.08. The van der Waals surface area contributed by atoms with Crippen LogP contribution in [-0.4, -0.2) is 33.7 Å². The average molecular weight is 284 g/mol. The zero-order valence-electron chi connectivity index (χ0n) is 11.7. The summed E-state index contributed by atoms with van der Waals surface area (Å²) >= 11 is 0. The van der Waals surface area contributed by atoms with Crippen molar-refractivity contribution in [3.63, 3.8) is 0 Å². The summed E-state index contributed by atoms with van der Waals surface area (Å²) in [4.78, 5) is 11.7. The highest BCUT2D eigenvalue weighted by atomic mass is 32.2. The summed E-state index contributed by atoms with van der Waals surface area (Å²) in [6, 6.07) is 5.40. The van der Waals surface area contributed by atoms with Crippen molar-refractivity contribution in [1.82, 2.24) is 5.32 Å². The smallest absolute Gasteiger partial charge is 0.240 e. The molecule has 0 saturated heterocycles. The van der Waals surface area contributed by atoms with E-state index in [-0.39, 0.29) is 12.5 Å². The Hall–Kier alpha value is -1.56. The zero-order chi connectivity index (χ0) is 14.6. The van der Waals surface area contributed by atoms with Crippen LogP contribution >= 0.6 is 0 Å². The lowest BCUT2D eigenvalue weighted by Gasteiger charge is -2.24. The van der Waals surface area contributed by atoms with Crippen molar-refractivity contribution in [2.45, 2.75) is 20.8 Å². The quantitative estimate of drug-likeness (QED) is 0.883. The van der Waals surface area contributed by atoms with Gasteiger partial charge in [-0.15, -0.1) is 0 Å². The van der Waals surface area contributed by atoms with Crippen LogP contribution in [-0.2, 0) is 14.8 Å². The third-order valence-corrected chi connectivity index (χ3v) is 4.03. The van der Waals surface area contributed by atoms with E-state index < -0.39 is 10.0 Å². The Bertz CT molecular complexity index is 567. The Labute approximate surface area is 114 Å². The first kappa shape index (κ1) is 15.5. The van der Waals surface area contributed by atoms with Gasteiger partial charge in [0.25, 0.3) is 0 Å².